The zero-order valence-electron chi connectivity index (χ0n) is 10.7. The van der Waals surface area contributed by atoms with E-state index in [1.807, 2.05) is 12.2 Å². The summed E-state index contributed by atoms with van der Waals surface area (Å²) >= 11 is 0. The number of rotatable bonds is 2. The predicted octanol–water partition coefficient (Wildman–Crippen LogP) is 2.15. The fourth-order valence-electron chi connectivity index (χ4n) is 2.80. The average Bonchev–Trinajstić information content (AvgIpc) is 2.72. The lowest BCUT2D eigenvalue weighted by Crippen LogP contribution is -2.30. The van der Waals surface area contributed by atoms with Crippen molar-refractivity contribution in [2.24, 2.45) is 11.8 Å². The quantitative estimate of drug-likeness (QED) is 0.602. The van der Waals surface area contributed by atoms with E-state index in [1.165, 1.54) is 4.90 Å². The second-order valence-corrected chi connectivity index (χ2v) is 4.87. The molecule has 1 aromatic carbocycles. The first-order chi connectivity index (χ1) is 9.22. The lowest BCUT2D eigenvalue weighted by Gasteiger charge is -2.15. The van der Waals surface area contributed by atoms with Gasteiger partial charge in [0.25, 0.3) is 0 Å². The summed E-state index contributed by atoms with van der Waals surface area (Å²) in [5.74, 6) is 0.0821. The first kappa shape index (κ1) is 12.0. The summed E-state index contributed by atoms with van der Waals surface area (Å²) in [6.45, 7) is 0. The lowest BCUT2D eigenvalue weighted by molar-refractivity contribution is -0.122. The van der Waals surface area contributed by atoms with Gasteiger partial charge in [0.05, 0.1) is 24.6 Å². The van der Waals surface area contributed by atoms with Gasteiger partial charge in [-0.25, -0.2) is 4.90 Å². The molecule has 1 aliphatic heterocycles. The van der Waals surface area contributed by atoms with Gasteiger partial charge in [0, 0.05) is 6.07 Å². The molecule has 1 aromatic rings. The third kappa shape index (κ3) is 1.84. The largest absolute Gasteiger partial charge is 0.497 e. The Labute approximate surface area is 111 Å². The van der Waals surface area contributed by atoms with Gasteiger partial charge in [0.2, 0.25) is 11.8 Å². The number of anilines is 1. The highest BCUT2D eigenvalue weighted by Gasteiger charge is 2.47. The summed E-state index contributed by atoms with van der Waals surface area (Å²) < 4.78 is 5.14. The third-order valence-corrected chi connectivity index (χ3v) is 3.82. The van der Waals surface area contributed by atoms with Crippen molar-refractivity contribution in [3.63, 3.8) is 0 Å². The number of carbonyl (C=O) groups is 2. The number of methoxy groups -OCH3 is 1. The van der Waals surface area contributed by atoms with E-state index in [1.54, 1.807) is 31.4 Å². The van der Waals surface area contributed by atoms with Crippen molar-refractivity contribution in [2.75, 3.05) is 12.0 Å². The van der Waals surface area contributed by atoms with Gasteiger partial charge in [-0.15, -0.1) is 0 Å². The summed E-state index contributed by atoms with van der Waals surface area (Å²) in [6, 6.07) is 7.07. The average molecular weight is 257 g/mol. The summed E-state index contributed by atoms with van der Waals surface area (Å²) in [5.41, 5.74) is 0.601. The van der Waals surface area contributed by atoms with E-state index in [0.29, 0.717) is 24.3 Å². The highest BCUT2D eigenvalue weighted by Crippen LogP contribution is 2.38. The molecule has 2 atom stereocenters. The minimum atomic E-state index is -0.191. The van der Waals surface area contributed by atoms with E-state index >= 15 is 0 Å². The molecule has 4 heteroatoms. The van der Waals surface area contributed by atoms with Crippen LogP contribution in [-0.2, 0) is 9.59 Å². The second kappa shape index (κ2) is 4.53. The standard InChI is InChI=1S/C15H15NO3/c1-19-11-6-4-5-10(9-11)16-14(17)12-7-2-3-8-13(12)15(16)18/h2-6,9,12-13H,7-8H2,1H3/t12-,13+. The molecule has 3 rings (SSSR count). The number of hydrogen-bond acceptors (Lipinski definition) is 3. The van der Waals surface area contributed by atoms with Crippen molar-refractivity contribution in [3.05, 3.63) is 36.4 Å². The van der Waals surface area contributed by atoms with Crippen LogP contribution in [0.5, 0.6) is 5.75 Å². The van der Waals surface area contributed by atoms with Gasteiger partial charge < -0.3 is 4.74 Å². The van der Waals surface area contributed by atoms with Crippen LogP contribution in [0, 0.1) is 11.8 Å². The molecular formula is C15H15NO3. The maximum Gasteiger partial charge on any atom is 0.238 e. The molecule has 1 fully saturated rings. The Hall–Kier alpha value is -2.10. The molecule has 1 heterocycles. The van der Waals surface area contributed by atoms with Crippen LogP contribution in [0.25, 0.3) is 0 Å². The molecule has 4 nitrogen and oxygen atoms in total. The van der Waals surface area contributed by atoms with E-state index in [0.717, 1.165) is 0 Å². The van der Waals surface area contributed by atoms with Crippen molar-refractivity contribution in [1.82, 2.24) is 0 Å². The maximum atomic E-state index is 12.4. The molecule has 2 amide bonds. The summed E-state index contributed by atoms with van der Waals surface area (Å²) in [4.78, 5) is 26.1. The molecule has 0 unspecified atom stereocenters. The van der Waals surface area contributed by atoms with Gasteiger partial charge in [-0.3, -0.25) is 9.59 Å². The lowest BCUT2D eigenvalue weighted by atomic mass is 9.85. The molecule has 0 aromatic heterocycles. The minimum absolute atomic E-state index is 0.0902. The van der Waals surface area contributed by atoms with Crippen LogP contribution >= 0.6 is 0 Å². The Morgan fingerprint density at radius 3 is 2.32 bits per heavy atom. The van der Waals surface area contributed by atoms with Crippen molar-refractivity contribution in [1.29, 1.82) is 0 Å². The van der Waals surface area contributed by atoms with Crippen molar-refractivity contribution in [2.45, 2.75) is 12.8 Å². The summed E-state index contributed by atoms with van der Waals surface area (Å²) in [6.07, 6.45) is 5.30. The topological polar surface area (TPSA) is 46.6 Å². The van der Waals surface area contributed by atoms with E-state index in [-0.39, 0.29) is 23.7 Å². The van der Waals surface area contributed by atoms with Gasteiger partial charge >= 0.3 is 0 Å². The zero-order valence-corrected chi connectivity index (χ0v) is 10.7. The molecule has 98 valence electrons. The van der Waals surface area contributed by atoms with Gasteiger partial charge in [0.15, 0.2) is 0 Å². The second-order valence-electron chi connectivity index (χ2n) is 4.87. The monoisotopic (exact) mass is 257 g/mol. The van der Waals surface area contributed by atoms with Crippen LogP contribution < -0.4 is 9.64 Å². The highest BCUT2D eigenvalue weighted by molar-refractivity contribution is 6.22. The van der Waals surface area contributed by atoms with Crippen LogP contribution in [0.4, 0.5) is 5.69 Å². The fourth-order valence-corrected chi connectivity index (χ4v) is 2.80. The molecule has 1 aliphatic carbocycles. The Kier molecular flexibility index (Phi) is 2.85. The SMILES string of the molecule is COc1cccc(N2C(=O)[C@H]3CC=CC[C@H]3C2=O)c1. The minimum Gasteiger partial charge on any atom is -0.497 e. The molecular weight excluding hydrogens is 242 g/mol. The number of hydrogen-bond donors (Lipinski definition) is 0. The number of benzene rings is 1. The van der Waals surface area contributed by atoms with Crippen LogP contribution in [-0.4, -0.2) is 18.9 Å². The Balaban J connectivity index is 1.97. The number of amides is 2. The molecule has 0 radical (unpaired) electrons. The van der Waals surface area contributed by atoms with Crippen LogP contribution in [0.2, 0.25) is 0 Å². The van der Waals surface area contributed by atoms with Crippen molar-refractivity contribution < 1.29 is 14.3 Å². The smallest absolute Gasteiger partial charge is 0.238 e. The van der Waals surface area contributed by atoms with Gasteiger partial charge in [-0.1, -0.05) is 18.2 Å². The van der Waals surface area contributed by atoms with Crippen LogP contribution in [0.15, 0.2) is 36.4 Å². The first-order valence-electron chi connectivity index (χ1n) is 6.39. The molecule has 1 saturated heterocycles. The van der Waals surface area contributed by atoms with Crippen molar-refractivity contribution in [3.8, 4) is 5.75 Å². The number of allylic oxidation sites excluding steroid dienone is 2. The molecule has 0 saturated carbocycles. The summed E-state index contributed by atoms with van der Waals surface area (Å²) in [5, 5.41) is 0. The highest BCUT2D eigenvalue weighted by atomic mass is 16.5. The Morgan fingerprint density at radius 2 is 1.74 bits per heavy atom. The van der Waals surface area contributed by atoms with Gasteiger partial charge in [0.1, 0.15) is 5.75 Å². The van der Waals surface area contributed by atoms with E-state index in [2.05, 4.69) is 0 Å². The Bertz CT molecular complexity index is 538. The van der Waals surface area contributed by atoms with E-state index in [4.69, 9.17) is 4.74 Å². The Morgan fingerprint density at radius 1 is 1.11 bits per heavy atom. The molecule has 2 aliphatic rings. The third-order valence-electron chi connectivity index (χ3n) is 3.82. The van der Waals surface area contributed by atoms with Crippen LogP contribution in [0.3, 0.4) is 0 Å². The molecule has 0 spiro atoms. The van der Waals surface area contributed by atoms with Gasteiger partial charge in [-0.05, 0) is 25.0 Å². The fraction of sp³-hybridized carbons (Fsp3) is 0.333. The number of nitrogens with zero attached hydrogens (tertiary/aromatic N) is 1. The summed E-state index contributed by atoms with van der Waals surface area (Å²) in [7, 11) is 1.57. The van der Waals surface area contributed by atoms with E-state index in [9.17, 15) is 9.59 Å². The molecule has 19 heavy (non-hydrogen) atoms. The maximum absolute atomic E-state index is 12.4. The first-order valence-corrected chi connectivity index (χ1v) is 6.39. The number of ether oxygens (including phenoxy) is 1. The van der Waals surface area contributed by atoms with Crippen LogP contribution in [0.1, 0.15) is 12.8 Å². The normalized spacial score (nSPS) is 25.6. The van der Waals surface area contributed by atoms with Gasteiger partial charge in [-0.2, -0.15) is 0 Å². The molecule has 0 bridgehead atoms. The van der Waals surface area contributed by atoms with Crippen molar-refractivity contribution >= 4 is 17.5 Å². The molecule has 0 N–H and O–H groups in total. The zero-order chi connectivity index (χ0) is 13.4. The number of fused-ring (bicyclic) bond motifs is 1. The number of carbonyl (C=O) groups excluding carboxylic acids is 2. The number of imide groups is 1. The van der Waals surface area contributed by atoms with E-state index < -0.39 is 0 Å². The predicted molar refractivity (Wildman–Crippen MR) is 70.8 cm³/mol.